The van der Waals surface area contributed by atoms with E-state index >= 15 is 0 Å². The molecule has 0 aliphatic carbocycles. The molecule has 5 heteroatoms. The van der Waals surface area contributed by atoms with Crippen molar-refractivity contribution in [3.05, 3.63) is 54.1 Å². The van der Waals surface area contributed by atoms with Gasteiger partial charge in [-0.25, -0.2) is 4.98 Å². The van der Waals surface area contributed by atoms with Crippen molar-refractivity contribution in [2.24, 2.45) is 0 Å². The Morgan fingerprint density at radius 1 is 1.39 bits per heavy atom. The Labute approximate surface area is 110 Å². The van der Waals surface area contributed by atoms with Crippen LogP contribution in [0.4, 0.5) is 0 Å². The van der Waals surface area contributed by atoms with Gasteiger partial charge in [-0.05, 0) is 5.56 Å². The number of hydrogen-bond donors (Lipinski definition) is 2. The fourth-order valence-electron chi connectivity index (χ4n) is 1.60. The van der Waals surface area contributed by atoms with Gasteiger partial charge in [0, 0.05) is 25.4 Å². The molecule has 1 atom stereocenters. The smallest absolute Gasteiger partial charge is 0.242 e. The van der Waals surface area contributed by atoms with Crippen LogP contribution in [0.1, 0.15) is 16.8 Å². The summed E-state index contributed by atoms with van der Waals surface area (Å²) in [7, 11) is 0. The highest BCUT2D eigenvalue weighted by molar-refractivity contribution is 6.30. The molecule has 0 radical (unpaired) electrons. The average Bonchev–Trinajstić information content (AvgIpc) is 2.92. The highest BCUT2D eigenvalue weighted by Crippen LogP contribution is 2.19. The van der Waals surface area contributed by atoms with Gasteiger partial charge < -0.3 is 10.3 Å². The van der Waals surface area contributed by atoms with E-state index < -0.39 is 5.38 Å². The Morgan fingerprint density at radius 2 is 2.17 bits per heavy atom. The van der Waals surface area contributed by atoms with E-state index in [9.17, 15) is 4.79 Å². The molecule has 0 saturated heterocycles. The minimum Gasteiger partial charge on any atom is -0.354 e. The summed E-state index contributed by atoms with van der Waals surface area (Å²) in [5.74, 6) is 0.663. The van der Waals surface area contributed by atoms with Crippen LogP contribution in [0.5, 0.6) is 0 Å². The van der Waals surface area contributed by atoms with Crippen molar-refractivity contribution in [3.63, 3.8) is 0 Å². The van der Waals surface area contributed by atoms with Gasteiger partial charge in [0.2, 0.25) is 5.91 Å². The monoisotopic (exact) mass is 263 g/mol. The lowest BCUT2D eigenvalue weighted by atomic mass is 10.1. The van der Waals surface area contributed by atoms with Gasteiger partial charge in [-0.2, -0.15) is 0 Å². The van der Waals surface area contributed by atoms with Crippen LogP contribution in [0, 0.1) is 0 Å². The molecule has 1 amide bonds. The van der Waals surface area contributed by atoms with Crippen LogP contribution in [-0.2, 0) is 11.2 Å². The summed E-state index contributed by atoms with van der Waals surface area (Å²) in [6.07, 6.45) is 4.11. The molecule has 1 unspecified atom stereocenters. The minimum atomic E-state index is -0.650. The zero-order valence-corrected chi connectivity index (χ0v) is 10.5. The van der Waals surface area contributed by atoms with Gasteiger partial charge in [-0.1, -0.05) is 30.3 Å². The van der Waals surface area contributed by atoms with Gasteiger partial charge in [0.25, 0.3) is 0 Å². The van der Waals surface area contributed by atoms with E-state index in [2.05, 4.69) is 15.3 Å². The first-order chi connectivity index (χ1) is 8.77. The van der Waals surface area contributed by atoms with E-state index in [4.69, 9.17) is 11.6 Å². The van der Waals surface area contributed by atoms with Crippen LogP contribution < -0.4 is 5.32 Å². The zero-order chi connectivity index (χ0) is 12.8. The van der Waals surface area contributed by atoms with E-state index in [1.165, 1.54) is 0 Å². The molecule has 0 fully saturated rings. The number of aromatic amines is 1. The number of aromatic nitrogens is 2. The zero-order valence-electron chi connectivity index (χ0n) is 9.77. The maximum absolute atomic E-state index is 11.8. The SMILES string of the molecule is O=C(NCCc1ncc[nH]1)C(Cl)c1ccccc1. The molecule has 2 aromatic rings. The van der Waals surface area contributed by atoms with Crippen LogP contribution in [0.2, 0.25) is 0 Å². The number of nitrogens with one attached hydrogen (secondary N) is 2. The van der Waals surface area contributed by atoms with Gasteiger partial charge in [0.05, 0.1) is 0 Å². The van der Waals surface area contributed by atoms with Crippen molar-refractivity contribution >= 4 is 17.5 Å². The lowest BCUT2D eigenvalue weighted by molar-refractivity contribution is -0.120. The summed E-state index contributed by atoms with van der Waals surface area (Å²) in [4.78, 5) is 18.9. The Morgan fingerprint density at radius 3 is 2.83 bits per heavy atom. The van der Waals surface area contributed by atoms with Crippen molar-refractivity contribution in [2.75, 3.05) is 6.54 Å². The third-order valence-corrected chi connectivity index (χ3v) is 2.99. The van der Waals surface area contributed by atoms with Gasteiger partial charge in [0.1, 0.15) is 11.2 Å². The second kappa shape index (κ2) is 6.21. The first kappa shape index (κ1) is 12.6. The largest absolute Gasteiger partial charge is 0.354 e. The molecule has 1 aromatic carbocycles. The second-order valence-corrected chi connectivity index (χ2v) is 4.29. The summed E-state index contributed by atoms with van der Waals surface area (Å²) < 4.78 is 0. The van der Waals surface area contributed by atoms with E-state index in [0.717, 1.165) is 11.4 Å². The van der Waals surface area contributed by atoms with Crippen molar-refractivity contribution < 1.29 is 4.79 Å². The first-order valence-corrected chi connectivity index (χ1v) is 6.16. The molecule has 0 spiro atoms. The fraction of sp³-hybridized carbons (Fsp3) is 0.231. The van der Waals surface area contributed by atoms with Gasteiger partial charge in [-0.15, -0.1) is 11.6 Å². The number of H-pyrrole nitrogens is 1. The number of nitrogens with zero attached hydrogens (tertiary/aromatic N) is 1. The molecule has 0 aliphatic rings. The molecular weight excluding hydrogens is 250 g/mol. The third kappa shape index (κ3) is 3.34. The van der Waals surface area contributed by atoms with Crippen LogP contribution in [-0.4, -0.2) is 22.4 Å². The van der Waals surface area contributed by atoms with E-state index in [1.54, 1.807) is 12.4 Å². The molecule has 4 nitrogen and oxygen atoms in total. The van der Waals surface area contributed by atoms with Crippen molar-refractivity contribution in [2.45, 2.75) is 11.8 Å². The van der Waals surface area contributed by atoms with Crippen molar-refractivity contribution in [3.8, 4) is 0 Å². The number of carbonyl (C=O) groups is 1. The molecule has 0 saturated carbocycles. The van der Waals surface area contributed by atoms with Gasteiger partial charge in [-0.3, -0.25) is 4.79 Å². The normalized spacial score (nSPS) is 12.1. The fourth-order valence-corrected chi connectivity index (χ4v) is 1.82. The maximum atomic E-state index is 11.8. The number of alkyl halides is 1. The molecule has 0 aliphatic heterocycles. The van der Waals surface area contributed by atoms with E-state index in [1.807, 2.05) is 30.3 Å². The van der Waals surface area contributed by atoms with E-state index in [-0.39, 0.29) is 5.91 Å². The predicted molar refractivity (Wildman–Crippen MR) is 70.3 cm³/mol. The molecule has 1 heterocycles. The lowest BCUT2D eigenvalue weighted by Crippen LogP contribution is -2.29. The molecule has 2 N–H and O–H groups in total. The molecule has 0 bridgehead atoms. The van der Waals surface area contributed by atoms with Crippen LogP contribution in [0.25, 0.3) is 0 Å². The van der Waals surface area contributed by atoms with E-state index in [0.29, 0.717) is 13.0 Å². The highest BCUT2D eigenvalue weighted by atomic mass is 35.5. The Kier molecular flexibility index (Phi) is 4.36. The van der Waals surface area contributed by atoms with Gasteiger partial charge >= 0.3 is 0 Å². The summed E-state index contributed by atoms with van der Waals surface area (Å²) >= 11 is 6.08. The van der Waals surface area contributed by atoms with Crippen molar-refractivity contribution in [1.29, 1.82) is 0 Å². The van der Waals surface area contributed by atoms with Crippen LogP contribution in [0.15, 0.2) is 42.7 Å². The molecule has 18 heavy (non-hydrogen) atoms. The topological polar surface area (TPSA) is 57.8 Å². The minimum absolute atomic E-state index is 0.186. The standard InChI is InChI=1S/C13H14ClN3O/c14-12(10-4-2-1-3-5-10)13(18)17-7-6-11-15-8-9-16-11/h1-5,8-9,12H,6-7H2,(H,15,16)(H,17,18). The van der Waals surface area contributed by atoms with Crippen LogP contribution >= 0.6 is 11.6 Å². The number of hydrogen-bond acceptors (Lipinski definition) is 2. The Hall–Kier alpha value is -1.81. The summed E-state index contributed by atoms with van der Waals surface area (Å²) in [6.45, 7) is 0.516. The number of benzene rings is 1. The Balaban J connectivity index is 1.81. The van der Waals surface area contributed by atoms with Crippen molar-refractivity contribution in [1.82, 2.24) is 15.3 Å². The molecule has 94 valence electrons. The average molecular weight is 264 g/mol. The quantitative estimate of drug-likeness (QED) is 0.811. The number of carbonyl (C=O) groups excluding carboxylic acids is 1. The highest BCUT2D eigenvalue weighted by Gasteiger charge is 2.16. The summed E-state index contributed by atoms with van der Waals surface area (Å²) in [5, 5.41) is 2.14. The molecule has 2 rings (SSSR count). The first-order valence-electron chi connectivity index (χ1n) is 5.72. The summed E-state index contributed by atoms with van der Waals surface area (Å²) in [6, 6.07) is 9.29. The molecule has 1 aromatic heterocycles. The third-order valence-electron chi connectivity index (χ3n) is 2.54. The predicted octanol–water partition coefficient (Wildman–Crippen LogP) is 2.05. The number of imidazole rings is 1. The summed E-state index contributed by atoms with van der Waals surface area (Å²) in [5.41, 5.74) is 0.801. The lowest BCUT2D eigenvalue weighted by Gasteiger charge is -2.10. The van der Waals surface area contributed by atoms with Crippen LogP contribution in [0.3, 0.4) is 0 Å². The van der Waals surface area contributed by atoms with Gasteiger partial charge in [0.15, 0.2) is 0 Å². The number of halogens is 1. The number of amides is 1. The molecular formula is C13H14ClN3O. The number of rotatable bonds is 5. The maximum Gasteiger partial charge on any atom is 0.242 e. The Bertz CT molecular complexity index is 484. The second-order valence-electron chi connectivity index (χ2n) is 3.85.